The first-order chi connectivity index (χ1) is 14.7. The average Bonchev–Trinajstić information content (AvgIpc) is 3.16. The lowest BCUT2D eigenvalue weighted by molar-refractivity contribution is -0.137. The Morgan fingerprint density at radius 1 is 0.935 bits per heavy atom. The van der Waals surface area contributed by atoms with Crippen LogP contribution in [-0.4, -0.2) is 51.9 Å². The van der Waals surface area contributed by atoms with Gasteiger partial charge in [-0.25, -0.2) is 0 Å². The molecule has 2 aromatic rings. The van der Waals surface area contributed by atoms with Gasteiger partial charge in [0.25, 0.3) is 11.8 Å². The highest BCUT2D eigenvalue weighted by molar-refractivity contribution is 8.00. The van der Waals surface area contributed by atoms with Crippen LogP contribution in [0.15, 0.2) is 48.5 Å². The molecule has 9 heteroatoms. The number of nitrogens with zero attached hydrogens (tertiary/aromatic N) is 2. The van der Waals surface area contributed by atoms with E-state index in [1.807, 2.05) is 0 Å². The number of carbonyl (C=O) groups is 2. The van der Waals surface area contributed by atoms with Crippen LogP contribution < -0.4 is 0 Å². The lowest BCUT2D eigenvalue weighted by Crippen LogP contribution is -2.53. The van der Waals surface area contributed by atoms with E-state index < -0.39 is 16.6 Å². The van der Waals surface area contributed by atoms with E-state index in [-0.39, 0.29) is 17.4 Å². The van der Waals surface area contributed by atoms with Gasteiger partial charge in [0.1, 0.15) is 0 Å². The van der Waals surface area contributed by atoms with E-state index in [9.17, 15) is 22.8 Å². The summed E-state index contributed by atoms with van der Waals surface area (Å²) in [5.41, 5.74) is -0.0812. The van der Waals surface area contributed by atoms with Crippen LogP contribution in [0.25, 0.3) is 0 Å². The van der Waals surface area contributed by atoms with Crippen LogP contribution in [0.2, 0.25) is 5.02 Å². The summed E-state index contributed by atoms with van der Waals surface area (Å²) in [5.74, 6) is 0.346. The van der Waals surface area contributed by atoms with E-state index in [0.717, 1.165) is 17.9 Å². The summed E-state index contributed by atoms with van der Waals surface area (Å²) in [6, 6.07) is 11.3. The number of benzene rings is 2. The minimum atomic E-state index is -4.44. The molecular formula is C22H20ClF3N2O2S. The van der Waals surface area contributed by atoms with Gasteiger partial charge in [-0.05, 0) is 49.2 Å². The Bertz CT molecular complexity index is 989. The van der Waals surface area contributed by atoms with Crippen molar-refractivity contribution in [2.24, 2.45) is 0 Å². The zero-order valence-electron chi connectivity index (χ0n) is 16.5. The lowest BCUT2D eigenvalue weighted by atomic mass is 9.99. The van der Waals surface area contributed by atoms with Gasteiger partial charge < -0.3 is 9.80 Å². The number of carbonyl (C=O) groups excluding carboxylic acids is 2. The molecule has 4 nitrogen and oxygen atoms in total. The summed E-state index contributed by atoms with van der Waals surface area (Å²) in [6.45, 7) is 1.49. The second kappa shape index (κ2) is 8.39. The summed E-state index contributed by atoms with van der Waals surface area (Å²) in [5, 5.41) is 0.405. The maximum Gasteiger partial charge on any atom is 0.416 e. The molecule has 2 aliphatic heterocycles. The van der Waals surface area contributed by atoms with E-state index in [1.54, 1.807) is 45.8 Å². The van der Waals surface area contributed by atoms with Crippen molar-refractivity contribution in [3.8, 4) is 0 Å². The molecule has 0 bridgehead atoms. The van der Waals surface area contributed by atoms with Gasteiger partial charge in [0, 0.05) is 31.0 Å². The number of halogens is 4. The van der Waals surface area contributed by atoms with Crippen molar-refractivity contribution in [1.82, 2.24) is 9.80 Å². The smallest absolute Gasteiger partial charge is 0.338 e. The Hall–Kier alpha value is -2.19. The van der Waals surface area contributed by atoms with Gasteiger partial charge >= 0.3 is 6.18 Å². The van der Waals surface area contributed by atoms with Crippen LogP contribution in [0.3, 0.4) is 0 Å². The van der Waals surface area contributed by atoms with Crippen LogP contribution in [0.5, 0.6) is 0 Å². The summed E-state index contributed by atoms with van der Waals surface area (Å²) in [7, 11) is 0. The summed E-state index contributed by atoms with van der Waals surface area (Å²) < 4.78 is 38.5. The Kier molecular flexibility index (Phi) is 5.96. The number of piperidine rings is 1. The molecule has 2 saturated heterocycles. The lowest BCUT2D eigenvalue weighted by Gasteiger charge is -2.44. The highest BCUT2D eigenvalue weighted by Gasteiger charge is 2.47. The number of hydrogen-bond acceptors (Lipinski definition) is 3. The predicted octanol–water partition coefficient (Wildman–Crippen LogP) is 5.18. The van der Waals surface area contributed by atoms with Crippen LogP contribution in [0.1, 0.15) is 39.1 Å². The summed E-state index contributed by atoms with van der Waals surface area (Å²) in [6.07, 6.45) is -3.24. The highest BCUT2D eigenvalue weighted by Crippen LogP contribution is 2.45. The molecule has 2 amide bonds. The van der Waals surface area contributed by atoms with Crippen molar-refractivity contribution in [2.75, 3.05) is 25.4 Å². The zero-order valence-corrected chi connectivity index (χ0v) is 18.1. The Morgan fingerprint density at radius 2 is 1.58 bits per heavy atom. The number of likely N-dealkylation sites (tertiary alicyclic amines) is 1. The first-order valence-corrected chi connectivity index (χ1v) is 11.2. The highest BCUT2D eigenvalue weighted by atomic mass is 35.5. The summed E-state index contributed by atoms with van der Waals surface area (Å²) in [4.78, 5) is 29.0. The number of rotatable bonds is 2. The molecule has 2 heterocycles. The Labute approximate surface area is 187 Å². The monoisotopic (exact) mass is 468 g/mol. The molecule has 2 fully saturated rings. The minimum Gasteiger partial charge on any atom is -0.338 e. The molecule has 1 spiro atoms. The number of alkyl halides is 3. The third-order valence-corrected chi connectivity index (χ3v) is 7.70. The van der Waals surface area contributed by atoms with Crippen molar-refractivity contribution >= 4 is 35.2 Å². The molecule has 0 saturated carbocycles. The van der Waals surface area contributed by atoms with Crippen molar-refractivity contribution < 1.29 is 22.8 Å². The van der Waals surface area contributed by atoms with E-state index >= 15 is 0 Å². The fraction of sp³-hybridized carbons (Fsp3) is 0.364. The number of amides is 2. The maximum absolute atomic E-state index is 13.1. The minimum absolute atomic E-state index is 0.135. The molecule has 0 radical (unpaired) electrons. The largest absolute Gasteiger partial charge is 0.416 e. The van der Waals surface area contributed by atoms with Crippen molar-refractivity contribution in [3.63, 3.8) is 0 Å². The molecule has 164 valence electrons. The van der Waals surface area contributed by atoms with Crippen LogP contribution >= 0.6 is 23.4 Å². The van der Waals surface area contributed by atoms with Gasteiger partial charge in [0.05, 0.1) is 21.0 Å². The molecule has 0 atom stereocenters. The first kappa shape index (κ1) is 22.0. The van der Waals surface area contributed by atoms with Gasteiger partial charge in [0.15, 0.2) is 0 Å². The van der Waals surface area contributed by atoms with Gasteiger partial charge in [-0.1, -0.05) is 23.7 Å². The van der Waals surface area contributed by atoms with E-state index in [4.69, 9.17) is 11.6 Å². The summed E-state index contributed by atoms with van der Waals surface area (Å²) >= 11 is 7.83. The molecule has 0 N–H and O–H groups in total. The molecule has 0 aromatic heterocycles. The predicted molar refractivity (Wildman–Crippen MR) is 114 cm³/mol. The van der Waals surface area contributed by atoms with Gasteiger partial charge in [-0.15, -0.1) is 11.8 Å². The van der Waals surface area contributed by atoms with Gasteiger partial charge in [-0.3, -0.25) is 9.59 Å². The second-order valence-corrected chi connectivity index (χ2v) is 9.46. The quantitative estimate of drug-likeness (QED) is 0.609. The van der Waals surface area contributed by atoms with E-state index in [0.29, 0.717) is 43.1 Å². The van der Waals surface area contributed by atoms with Crippen molar-refractivity contribution in [3.05, 3.63) is 70.2 Å². The standard InChI is InChI=1S/C22H20ClF3N2O2S/c23-18-4-2-1-3-17(18)20(30)27-11-9-21(10-12-27)28(13-14-31-21)19(29)15-5-7-16(8-6-15)22(24,25)26/h1-8H,9-14H2. The average molecular weight is 469 g/mol. The van der Waals surface area contributed by atoms with E-state index in [2.05, 4.69) is 0 Å². The second-order valence-electron chi connectivity index (χ2n) is 7.60. The first-order valence-electron chi connectivity index (χ1n) is 9.88. The van der Waals surface area contributed by atoms with Crippen molar-refractivity contribution in [1.29, 1.82) is 0 Å². The third-order valence-electron chi connectivity index (χ3n) is 5.82. The van der Waals surface area contributed by atoms with Crippen molar-refractivity contribution in [2.45, 2.75) is 23.9 Å². The molecule has 4 rings (SSSR count). The molecular weight excluding hydrogens is 449 g/mol. The fourth-order valence-electron chi connectivity index (χ4n) is 4.13. The number of thioether (sulfide) groups is 1. The van der Waals surface area contributed by atoms with Gasteiger partial charge in [-0.2, -0.15) is 13.2 Å². The van der Waals surface area contributed by atoms with E-state index in [1.165, 1.54) is 12.1 Å². The Morgan fingerprint density at radius 3 is 2.19 bits per heavy atom. The normalized spacial score (nSPS) is 18.5. The topological polar surface area (TPSA) is 40.6 Å². The number of hydrogen-bond donors (Lipinski definition) is 0. The van der Waals surface area contributed by atoms with Crippen LogP contribution in [-0.2, 0) is 6.18 Å². The van der Waals surface area contributed by atoms with Crippen LogP contribution in [0.4, 0.5) is 13.2 Å². The molecule has 0 unspecified atom stereocenters. The molecule has 0 aliphatic carbocycles. The van der Waals surface area contributed by atoms with Gasteiger partial charge in [0.2, 0.25) is 0 Å². The third kappa shape index (κ3) is 4.28. The molecule has 2 aliphatic rings. The maximum atomic E-state index is 13.1. The zero-order chi connectivity index (χ0) is 22.2. The van der Waals surface area contributed by atoms with Crippen LogP contribution in [0, 0.1) is 0 Å². The SMILES string of the molecule is O=C(c1ccccc1Cl)N1CCC2(CC1)SCCN2C(=O)c1ccc(C(F)(F)F)cc1. The fourth-order valence-corrected chi connectivity index (χ4v) is 5.80. The molecule has 2 aromatic carbocycles. The Balaban J connectivity index is 1.47. The molecule has 31 heavy (non-hydrogen) atoms.